The zero-order valence-electron chi connectivity index (χ0n) is 8.00. The van der Waals surface area contributed by atoms with Gasteiger partial charge in [0, 0.05) is 28.2 Å². The Kier molecular flexibility index (Phi) is 2.17. The maximum atomic E-state index is 11.3. The molecular weight excluding hydrogens is 198 g/mol. The Morgan fingerprint density at radius 2 is 2.14 bits per heavy atom. The summed E-state index contributed by atoms with van der Waals surface area (Å²) in [7, 11) is 0. The lowest BCUT2D eigenvalue weighted by atomic mass is 10.2. The molecule has 0 aliphatic carbocycles. The summed E-state index contributed by atoms with van der Waals surface area (Å²) in [5.74, 6) is 0.215. The van der Waals surface area contributed by atoms with E-state index in [-0.39, 0.29) is 5.75 Å². The molecule has 2 rings (SSSR count). The zero-order chi connectivity index (χ0) is 10.3. The average molecular weight is 209 g/mol. The van der Waals surface area contributed by atoms with Crippen LogP contribution in [-0.2, 0) is 11.2 Å². The molecule has 2 aromatic rings. The summed E-state index contributed by atoms with van der Waals surface area (Å²) in [4.78, 5) is 3.04. The van der Waals surface area contributed by atoms with Crippen LogP contribution in [0.3, 0.4) is 0 Å². The van der Waals surface area contributed by atoms with Crippen LogP contribution in [0, 0.1) is 6.92 Å². The van der Waals surface area contributed by atoms with Crippen molar-refractivity contribution in [1.29, 1.82) is 0 Å². The van der Waals surface area contributed by atoms with Gasteiger partial charge >= 0.3 is 0 Å². The highest BCUT2D eigenvalue weighted by atomic mass is 32.2. The molecule has 0 amide bonds. The Labute approximate surface area is 84.9 Å². The molecule has 0 aliphatic rings. The number of rotatable bonds is 1. The van der Waals surface area contributed by atoms with Crippen LogP contribution < -0.4 is 0 Å². The number of H-pyrrole nitrogens is 1. The maximum absolute atomic E-state index is 11.3. The maximum Gasteiger partial charge on any atom is 0.226 e. The van der Waals surface area contributed by atoms with Crippen molar-refractivity contribution in [3.05, 3.63) is 23.8 Å². The summed E-state index contributed by atoms with van der Waals surface area (Å²) in [6.45, 7) is 1.92. The molecule has 0 saturated heterocycles. The fourth-order valence-corrected chi connectivity index (χ4v) is 2.38. The molecule has 0 radical (unpaired) electrons. The number of aromatic amines is 1. The monoisotopic (exact) mass is 209 g/mol. The van der Waals surface area contributed by atoms with E-state index in [1.807, 2.05) is 13.0 Å². The number of aryl methyl sites for hydroxylation is 1. The van der Waals surface area contributed by atoms with E-state index in [1.165, 1.54) is 0 Å². The van der Waals surface area contributed by atoms with Gasteiger partial charge in [0.15, 0.2) is 0 Å². The number of nitrogens with one attached hydrogen (secondary N) is 1. The van der Waals surface area contributed by atoms with E-state index in [0.717, 1.165) is 21.5 Å². The molecule has 1 aromatic heterocycles. The number of phenolic OH excluding ortho intramolecular Hbond substituents is 1. The molecule has 0 aliphatic heterocycles. The van der Waals surface area contributed by atoms with Crippen LogP contribution >= 0.6 is 0 Å². The Morgan fingerprint density at radius 3 is 2.79 bits per heavy atom. The number of hydrogen-bond donors (Lipinski definition) is 2. The first-order chi connectivity index (χ1) is 6.59. The smallest absolute Gasteiger partial charge is 0.226 e. The average Bonchev–Trinajstić information content (AvgIpc) is 2.43. The first kappa shape index (κ1) is 9.43. The summed E-state index contributed by atoms with van der Waals surface area (Å²) < 4.78 is 11.3. The van der Waals surface area contributed by atoms with Gasteiger partial charge in [-0.2, -0.15) is 0 Å². The topological polar surface area (TPSA) is 59.1 Å². The molecule has 14 heavy (non-hydrogen) atoms. The largest absolute Gasteiger partial charge is 0.610 e. The lowest BCUT2D eigenvalue weighted by molar-refractivity contribution is 0.476. The van der Waals surface area contributed by atoms with E-state index in [4.69, 9.17) is 0 Å². The molecule has 0 spiro atoms. The molecule has 1 atom stereocenters. The van der Waals surface area contributed by atoms with Gasteiger partial charge in [-0.1, -0.05) is 0 Å². The SMILES string of the molecule is Cc1c([S+](C)[O-])[nH]c2cc(O)ccc12. The van der Waals surface area contributed by atoms with Crippen molar-refractivity contribution in [2.45, 2.75) is 11.9 Å². The van der Waals surface area contributed by atoms with Crippen molar-refractivity contribution in [3.8, 4) is 5.75 Å². The molecule has 0 saturated carbocycles. The van der Waals surface area contributed by atoms with Crippen molar-refractivity contribution >= 4 is 22.1 Å². The lowest BCUT2D eigenvalue weighted by Gasteiger charge is -2.00. The Balaban J connectivity index is 2.73. The second kappa shape index (κ2) is 3.22. The van der Waals surface area contributed by atoms with Crippen LogP contribution in [-0.4, -0.2) is 20.9 Å². The van der Waals surface area contributed by atoms with Crippen LogP contribution in [0.5, 0.6) is 5.75 Å². The quantitative estimate of drug-likeness (QED) is 0.705. The Hall–Kier alpha value is -1.13. The minimum absolute atomic E-state index is 0.215. The van der Waals surface area contributed by atoms with Gasteiger partial charge in [0.2, 0.25) is 5.03 Å². The first-order valence-corrected chi connectivity index (χ1v) is 5.80. The Bertz CT molecular complexity index is 476. The van der Waals surface area contributed by atoms with E-state index in [1.54, 1.807) is 18.4 Å². The van der Waals surface area contributed by atoms with Crippen molar-refractivity contribution in [1.82, 2.24) is 4.98 Å². The molecule has 74 valence electrons. The molecule has 0 bridgehead atoms. The minimum Gasteiger partial charge on any atom is -0.610 e. The number of aromatic hydroxyl groups is 1. The molecule has 1 unspecified atom stereocenters. The third-order valence-electron chi connectivity index (χ3n) is 2.28. The zero-order valence-corrected chi connectivity index (χ0v) is 8.81. The summed E-state index contributed by atoms with van der Waals surface area (Å²) in [6, 6.07) is 5.09. The molecule has 3 nitrogen and oxygen atoms in total. The van der Waals surface area contributed by atoms with E-state index >= 15 is 0 Å². The molecule has 1 heterocycles. The number of hydrogen-bond acceptors (Lipinski definition) is 2. The van der Waals surface area contributed by atoms with Gasteiger partial charge in [0.1, 0.15) is 12.0 Å². The van der Waals surface area contributed by atoms with Crippen LogP contribution in [0.25, 0.3) is 10.9 Å². The van der Waals surface area contributed by atoms with E-state index < -0.39 is 11.2 Å². The normalized spacial score (nSPS) is 13.4. The van der Waals surface area contributed by atoms with Crippen molar-refractivity contribution in [2.75, 3.05) is 6.26 Å². The number of aromatic nitrogens is 1. The van der Waals surface area contributed by atoms with Gasteiger partial charge in [0.05, 0.1) is 5.52 Å². The number of fused-ring (bicyclic) bond motifs is 1. The second-order valence-electron chi connectivity index (χ2n) is 3.26. The first-order valence-electron chi connectivity index (χ1n) is 4.24. The highest BCUT2D eigenvalue weighted by Gasteiger charge is 2.14. The standard InChI is InChI=1S/C10H11NO2S/c1-6-8-4-3-7(12)5-9(8)11-10(6)14(2)13/h3-5,11-12H,1-2H3. The summed E-state index contributed by atoms with van der Waals surface area (Å²) in [5, 5.41) is 11.0. The summed E-state index contributed by atoms with van der Waals surface area (Å²) in [5.41, 5.74) is 1.81. The molecule has 2 N–H and O–H groups in total. The van der Waals surface area contributed by atoms with Gasteiger partial charge in [-0.25, -0.2) is 0 Å². The summed E-state index contributed by atoms with van der Waals surface area (Å²) in [6.07, 6.45) is 1.64. The minimum atomic E-state index is -1.02. The third-order valence-corrected chi connectivity index (χ3v) is 3.27. The van der Waals surface area contributed by atoms with Gasteiger partial charge in [-0.15, -0.1) is 0 Å². The predicted octanol–water partition coefficient (Wildman–Crippen LogP) is 1.92. The fraction of sp³-hybridized carbons (Fsp3) is 0.200. The number of phenols is 1. The van der Waals surface area contributed by atoms with Gasteiger partial charge in [-0.3, -0.25) is 0 Å². The third kappa shape index (κ3) is 1.36. The highest BCUT2D eigenvalue weighted by Crippen LogP contribution is 2.27. The molecular formula is C10H11NO2S. The van der Waals surface area contributed by atoms with E-state index in [9.17, 15) is 9.66 Å². The molecule has 0 fully saturated rings. The van der Waals surface area contributed by atoms with Crippen LogP contribution in [0.2, 0.25) is 0 Å². The van der Waals surface area contributed by atoms with Crippen molar-refractivity contribution in [2.24, 2.45) is 0 Å². The molecule has 4 heteroatoms. The summed E-state index contributed by atoms with van der Waals surface area (Å²) >= 11 is -1.02. The predicted molar refractivity (Wildman–Crippen MR) is 57.0 cm³/mol. The van der Waals surface area contributed by atoms with E-state index in [0.29, 0.717) is 0 Å². The van der Waals surface area contributed by atoms with Gasteiger partial charge < -0.3 is 14.6 Å². The van der Waals surface area contributed by atoms with Crippen molar-refractivity contribution in [3.63, 3.8) is 0 Å². The van der Waals surface area contributed by atoms with Gasteiger partial charge in [-0.05, 0) is 19.1 Å². The van der Waals surface area contributed by atoms with Crippen LogP contribution in [0.15, 0.2) is 23.2 Å². The van der Waals surface area contributed by atoms with Gasteiger partial charge in [0.25, 0.3) is 0 Å². The Morgan fingerprint density at radius 1 is 1.43 bits per heavy atom. The van der Waals surface area contributed by atoms with Crippen molar-refractivity contribution < 1.29 is 9.66 Å². The number of benzene rings is 1. The lowest BCUT2D eigenvalue weighted by Crippen LogP contribution is -1.98. The van der Waals surface area contributed by atoms with E-state index in [2.05, 4.69) is 4.98 Å². The molecule has 1 aromatic carbocycles. The fourth-order valence-electron chi connectivity index (χ4n) is 1.59. The second-order valence-corrected chi connectivity index (χ2v) is 4.58. The van der Waals surface area contributed by atoms with Crippen LogP contribution in [0.4, 0.5) is 0 Å². The van der Waals surface area contributed by atoms with Crippen LogP contribution in [0.1, 0.15) is 5.56 Å². The highest BCUT2D eigenvalue weighted by molar-refractivity contribution is 7.90.